The minimum Gasteiger partial charge on any atom is -0.455 e. The van der Waals surface area contributed by atoms with Crippen LogP contribution in [0.5, 0.6) is 0 Å². The summed E-state index contributed by atoms with van der Waals surface area (Å²) in [7, 11) is 0. The molecule has 0 aromatic heterocycles. The van der Waals surface area contributed by atoms with Crippen LogP contribution in [0.4, 0.5) is 23.2 Å². The molecule has 3 amide bonds. The van der Waals surface area contributed by atoms with Gasteiger partial charge in [0.25, 0.3) is 11.8 Å². The fourth-order valence-electron chi connectivity index (χ4n) is 3.42. The monoisotopic (exact) mass is 495 g/mol. The minimum atomic E-state index is -1.14. The third-order valence-corrected chi connectivity index (χ3v) is 5.27. The Labute approximate surface area is 197 Å². The number of benzene rings is 2. The van der Waals surface area contributed by atoms with Crippen LogP contribution in [0.25, 0.3) is 0 Å². The van der Waals surface area contributed by atoms with Crippen LogP contribution >= 0.6 is 0 Å². The predicted octanol–water partition coefficient (Wildman–Crippen LogP) is 2.39. The summed E-state index contributed by atoms with van der Waals surface area (Å²) in [5.74, 6) is -7.30. The van der Waals surface area contributed by atoms with Gasteiger partial charge in [0, 0.05) is 30.9 Å². The van der Waals surface area contributed by atoms with E-state index in [2.05, 4.69) is 10.6 Å². The first kappa shape index (κ1) is 25.7. The van der Waals surface area contributed by atoms with Crippen LogP contribution in [0, 0.1) is 29.2 Å². The predicted molar refractivity (Wildman–Crippen MR) is 114 cm³/mol. The van der Waals surface area contributed by atoms with Crippen molar-refractivity contribution in [3.63, 3.8) is 0 Å². The van der Waals surface area contributed by atoms with Gasteiger partial charge in [-0.3, -0.25) is 19.2 Å². The lowest BCUT2D eigenvalue weighted by molar-refractivity contribution is -0.153. The quantitative estimate of drug-likeness (QED) is 0.454. The maximum atomic E-state index is 13.8. The summed E-state index contributed by atoms with van der Waals surface area (Å²) < 4.78 is 57.9. The molecule has 0 radical (unpaired) electrons. The van der Waals surface area contributed by atoms with Crippen molar-refractivity contribution in [2.75, 3.05) is 31.6 Å². The summed E-state index contributed by atoms with van der Waals surface area (Å²) in [6.07, 6.45) is 0.456. The smallest absolute Gasteiger partial charge is 0.309 e. The van der Waals surface area contributed by atoms with Crippen molar-refractivity contribution in [1.29, 1.82) is 0 Å². The second kappa shape index (κ2) is 11.4. The van der Waals surface area contributed by atoms with Crippen LogP contribution in [-0.2, 0) is 19.1 Å². The average Bonchev–Trinajstić information content (AvgIpc) is 2.83. The summed E-state index contributed by atoms with van der Waals surface area (Å²) in [6.45, 7) is -0.843. The maximum absolute atomic E-state index is 13.8. The highest BCUT2D eigenvalue weighted by molar-refractivity contribution is 5.95. The molecule has 0 unspecified atom stereocenters. The molecule has 0 bridgehead atoms. The molecular weight excluding hydrogens is 474 g/mol. The molecule has 2 aromatic carbocycles. The number of amides is 3. The molecule has 12 heteroatoms. The Bertz CT molecular complexity index is 1140. The molecule has 35 heavy (non-hydrogen) atoms. The van der Waals surface area contributed by atoms with E-state index in [1.165, 1.54) is 4.90 Å². The second-order valence-corrected chi connectivity index (χ2v) is 7.75. The number of carbonyl (C=O) groups excluding carboxylic acids is 4. The standard InChI is InChI=1S/C23H21F4N3O5/c24-14-1-3-16(18(26)9-14)22(33)30-7-5-13(6-8-30)23(34)35-12-21(32)28-11-20(31)29-15-2-4-17(25)19(27)10-15/h1-4,9-10,13H,5-8,11-12H2,(H,28,32)(H,29,31). The van der Waals surface area contributed by atoms with Crippen molar-refractivity contribution < 1.29 is 41.5 Å². The topological polar surface area (TPSA) is 105 Å². The first-order valence-corrected chi connectivity index (χ1v) is 10.6. The highest BCUT2D eigenvalue weighted by Gasteiger charge is 2.30. The van der Waals surface area contributed by atoms with Gasteiger partial charge in [-0.15, -0.1) is 0 Å². The lowest BCUT2D eigenvalue weighted by atomic mass is 9.96. The molecule has 186 valence electrons. The van der Waals surface area contributed by atoms with Gasteiger partial charge < -0.3 is 20.3 Å². The molecule has 3 rings (SSSR count). The number of piperidine rings is 1. The Kier molecular flexibility index (Phi) is 8.39. The van der Waals surface area contributed by atoms with Gasteiger partial charge >= 0.3 is 5.97 Å². The molecule has 1 saturated heterocycles. The van der Waals surface area contributed by atoms with E-state index in [1.54, 1.807) is 0 Å². The second-order valence-electron chi connectivity index (χ2n) is 7.75. The van der Waals surface area contributed by atoms with Gasteiger partial charge in [0.15, 0.2) is 18.2 Å². The normalized spacial score (nSPS) is 13.8. The van der Waals surface area contributed by atoms with Gasteiger partial charge in [0.05, 0.1) is 18.0 Å². The third-order valence-electron chi connectivity index (χ3n) is 5.27. The van der Waals surface area contributed by atoms with Gasteiger partial charge in [-0.25, -0.2) is 17.6 Å². The summed E-state index contributed by atoms with van der Waals surface area (Å²) in [5.41, 5.74) is -0.265. The van der Waals surface area contributed by atoms with Crippen molar-refractivity contribution in [2.45, 2.75) is 12.8 Å². The van der Waals surface area contributed by atoms with Crippen LogP contribution < -0.4 is 10.6 Å². The van der Waals surface area contributed by atoms with Gasteiger partial charge in [-0.2, -0.15) is 0 Å². The molecule has 0 spiro atoms. The first-order valence-electron chi connectivity index (χ1n) is 10.6. The fourth-order valence-corrected chi connectivity index (χ4v) is 3.42. The Balaban J connectivity index is 1.37. The summed E-state index contributed by atoms with van der Waals surface area (Å²) in [4.78, 5) is 49.6. The van der Waals surface area contributed by atoms with Crippen molar-refractivity contribution in [2.24, 2.45) is 5.92 Å². The Morgan fingerprint density at radius 3 is 2.26 bits per heavy atom. The number of halogens is 4. The van der Waals surface area contributed by atoms with E-state index in [1.807, 2.05) is 0 Å². The summed E-state index contributed by atoms with van der Waals surface area (Å²) >= 11 is 0. The molecular formula is C23H21F4N3O5. The number of hydrogen-bond acceptors (Lipinski definition) is 5. The largest absolute Gasteiger partial charge is 0.455 e. The molecule has 0 saturated carbocycles. The molecule has 0 aliphatic carbocycles. The van der Waals surface area contributed by atoms with Crippen molar-refractivity contribution in [1.82, 2.24) is 10.2 Å². The Morgan fingerprint density at radius 2 is 1.60 bits per heavy atom. The number of esters is 1. The zero-order valence-corrected chi connectivity index (χ0v) is 18.3. The van der Waals surface area contributed by atoms with Crippen molar-refractivity contribution >= 4 is 29.4 Å². The number of rotatable bonds is 7. The van der Waals surface area contributed by atoms with Gasteiger partial charge in [0.2, 0.25) is 5.91 Å². The molecule has 1 fully saturated rings. The lowest BCUT2D eigenvalue weighted by Crippen LogP contribution is -2.41. The fraction of sp³-hybridized carbons (Fsp3) is 0.304. The Hall–Kier alpha value is -3.96. The number of ether oxygens (including phenoxy) is 1. The van der Waals surface area contributed by atoms with Crippen LogP contribution in [0.1, 0.15) is 23.2 Å². The van der Waals surface area contributed by atoms with Gasteiger partial charge in [0.1, 0.15) is 11.6 Å². The number of nitrogens with one attached hydrogen (secondary N) is 2. The van der Waals surface area contributed by atoms with E-state index in [-0.39, 0.29) is 37.2 Å². The zero-order valence-electron chi connectivity index (χ0n) is 18.3. The number of carbonyl (C=O) groups is 4. The van der Waals surface area contributed by atoms with Crippen LogP contribution in [-0.4, -0.2) is 54.8 Å². The summed E-state index contributed by atoms with van der Waals surface area (Å²) in [5, 5.41) is 4.50. The zero-order chi connectivity index (χ0) is 25.5. The molecule has 2 aromatic rings. The van der Waals surface area contributed by atoms with Crippen molar-refractivity contribution in [3.05, 3.63) is 65.2 Å². The van der Waals surface area contributed by atoms with E-state index in [4.69, 9.17) is 4.74 Å². The molecule has 0 atom stereocenters. The average molecular weight is 495 g/mol. The van der Waals surface area contributed by atoms with Crippen molar-refractivity contribution in [3.8, 4) is 0 Å². The molecule has 1 aliphatic heterocycles. The van der Waals surface area contributed by atoms with E-state index >= 15 is 0 Å². The number of nitrogens with zero attached hydrogens (tertiary/aromatic N) is 1. The minimum absolute atomic E-state index is 0.00145. The number of anilines is 1. The molecule has 8 nitrogen and oxygen atoms in total. The van der Waals surface area contributed by atoms with Gasteiger partial charge in [-0.05, 0) is 37.1 Å². The van der Waals surface area contributed by atoms with Gasteiger partial charge in [-0.1, -0.05) is 0 Å². The lowest BCUT2D eigenvalue weighted by Gasteiger charge is -2.31. The SMILES string of the molecule is O=C(COC(=O)C1CCN(C(=O)c2ccc(F)cc2F)CC1)NCC(=O)Nc1ccc(F)c(F)c1. The summed E-state index contributed by atoms with van der Waals surface area (Å²) in [6, 6.07) is 5.43. The van der Waals surface area contributed by atoms with Crippen LogP contribution in [0.15, 0.2) is 36.4 Å². The maximum Gasteiger partial charge on any atom is 0.309 e. The molecule has 2 N–H and O–H groups in total. The van der Waals surface area contributed by atoms with Crippen LogP contribution in [0.3, 0.4) is 0 Å². The first-order chi connectivity index (χ1) is 16.6. The van der Waals surface area contributed by atoms with E-state index in [0.717, 1.165) is 30.3 Å². The highest BCUT2D eigenvalue weighted by Crippen LogP contribution is 2.21. The highest BCUT2D eigenvalue weighted by atomic mass is 19.2. The van der Waals surface area contributed by atoms with E-state index in [0.29, 0.717) is 6.07 Å². The molecule has 1 heterocycles. The van der Waals surface area contributed by atoms with Crippen LogP contribution in [0.2, 0.25) is 0 Å². The van der Waals surface area contributed by atoms with E-state index < -0.39 is 66.0 Å². The number of likely N-dealkylation sites (tertiary alicyclic amines) is 1. The van der Waals surface area contributed by atoms with E-state index in [9.17, 15) is 36.7 Å². The Morgan fingerprint density at radius 1 is 0.886 bits per heavy atom. The molecule has 1 aliphatic rings. The number of hydrogen-bond donors (Lipinski definition) is 2. The third kappa shape index (κ3) is 7.01.